The zero-order chi connectivity index (χ0) is 12.1. The molecule has 0 spiro atoms. The monoisotopic (exact) mass is 255 g/mol. The van der Waals surface area contributed by atoms with Crippen molar-refractivity contribution in [2.24, 2.45) is 11.3 Å². The summed E-state index contributed by atoms with van der Waals surface area (Å²) < 4.78 is 0. The molecule has 1 N–H and O–H groups in total. The van der Waals surface area contributed by atoms with Crippen molar-refractivity contribution in [2.45, 2.75) is 64.8 Å². The highest BCUT2D eigenvalue weighted by Crippen LogP contribution is 2.34. The molecule has 0 amide bonds. The molecular weight excluding hydrogens is 226 g/mol. The van der Waals surface area contributed by atoms with Gasteiger partial charge in [0.25, 0.3) is 0 Å². The predicted molar refractivity (Wildman–Crippen MR) is 78.7 cm³/mol. The van der Waals surface area contributed by atoms with Crippen molar-refractivity contribution in [3.8, 4) is 0 Å². The molecule has 1 heterocycles. The molecule has 0 bridgehead atoms. The first kappa shape index (κ1) is 13.7. The standard InChI is InChI=1S/C15H29NS/c1-15(2)9-11-17-12-14(15)16-10-5-8-13-6-3-4-7-13/h13-14,16H,3-12H2,1-2H3. The van der Waals surface area contributed by atoms with Crippen LogP contribution >= 0.6 is 11.8 Å². The van der Waals surface area contributed by atoms with E-state index in [4.69, 9.17) is 0 Å². The maximum atomic E-state index is 3.81. The third-order valence-corrected chi connectivity index (χ3v) is 5.84. The third-order valence-electron chi connectivity index (χ3n) is 4.77. The maximum absolute atomic E-state index is 3.81. The number of hydrogen-bond acceptors (Lipinski definition) is 2. The lowest BCUT2D eigenvalue weighted by atomic mass is 9.82. The van der Waals surface area contributed by atoms with E-state index < -0.39 is 0 Å². The van der Waals surface area contributed by atoms with Crippen molar-refractivity contribution >= 4 is 11.8 Å². The highest BCUT2D eigenvalue weighted by molar-refractivity contribution is 7.99. The molecule has 2 rings (SSSR count). The lowest BCUT2D eigenvalue weighted by molar-refractivity contribution is 0.244. The summed E-state index contributed by atoms with van der Waals surface area (Å²) in [5.41, 5.74) is 0.513. The Morgan fingerprint density at radius 2 is 2.00 bits per heavy atom. The fraction of sp³-hybridized carbons (Fsp3) is 1.00. The van der Waals surface area contributed by atoms with E-state index in [1.807, 2.05) is 0 Å². The fourth-order valence-electron chi connectivity index (χ4n) is 3.24. The molecule has 2 heteroatoms. The predicted octanol–water partition coefficient (Wildman–Crippen LogP) is 4.08. The van der Waals surface area contributed by atoms with Crippen LogP contribution in [0.3, 0.4) is 0 Å². The molecule has 1 saturated carbocycles. The quantitative estimate of drug-likeness (QED) is 0.743. The molecule has 0 radical (unpaired) electrons. The van der Waals surface area contributed by atoms with E-state index in [0.29, 0.717) is 5.41 Å². The number of hydrogen-bond donors (Lipinski definition) is 1. The molecule has 1 aliphatic heterocycles. The largest absolute Gasteiger partial charge is 0.313 e. The maximum Gasteiger partial charge on any atom is 0.0209 e. The van der Waals surface area contributed by atoms with Gasteiger partial charge in [0.05, 0.1) is 0 Å². The Kier molecular flexibility index (Phi) is 5.23. The van der Waals surface area contributed by atoms with E-state index in [2.05, 4.69) is 30.9 Å². The molecule has 0 aromatic rings. The van der Waals surface area contributed by atoms with Crippen LogP contribution in [0.5, 0.6) is 0 Å². The second-order valence-corrected chi connectivity index (χ2v) is 7.76. The summed E-state index contributed by atoms with van der Waals surface area (Å²) in [6.45, 7) is 6.11. The Bertz CT molecular complexity index is 221. The lowest BCUT2D eigenvalue weighted by Gasteiger charge is -2.39. The average molecular weight is 255 g/mol. The van der Waals surface area contributed by atoms with Crippen LogP contribution < -0.4 is 5.32 Å². The first-order valence-electron chi connectivity index (χ1n) is 7.49. The highest BCUT2D eigenvalue weighted by Gasteiger charge is 2.31. The number of thioether (sulfide) groups is 1. The van der Waals surface area contributed by atoms with Gasteiger partial charge in [-0.3, -0.25) is 0 Å². The van der Waals surface area contributed by atoms with Gasteiger partial charge in [-0.05, 0) is 42.9 Å². The van der Waals surface area contributed by atoms with E-state index in [1.54, 1.807) is 0 Å². The van der Waals surface area contributed by atoms with Gasteiger partial charge in [-0.15, -0.1) is 0 Å². The SMILES string of the molecule is CC1(C)CCSCC1NCCCC1CCCC1. The molecule has 0 aromatic carbocycles. The van der Waals surface area contributed by atoms with Gasteiger partial charge >= 0.3 is 0 Å². The molecule has 0 aromatic heterocycles. The second kappa shape index (κ2) is 6.47. The first-order valence-corrected chi connectivity index (χ1v) is 8.65. The van der Waals surface area contributed by atoms with Gasteiger partial charge in [0, 0.05) is 11.8 Å². The Balaban J connectivity index is 1.60. The third kappa shape index (κ3) is 4.17. The summed E-state index contributed by atoms with van der Waals surface area (Å²) >= 11 is 2.13. The van der Waals surface area contributed by atoms with Crippen LogP contribution in [0.1, 0.15) is 58.8 Å². The summed E-state index contributed by atoms with van der Waals surface area (Å²) in [6, 6.07) is 0.741. The van der Waals surface area contributed by atoms with Crippen LogP contribution in [-0.4, -0.2) is 24.1 Å². The topological polar surface area (TPSA) is 12.0 Å². The molecule has 2 aliphatic rings. The molecule has 1 saturated heterocycles. The molecule has 1 nitrogen and oxygen atoms in total. The van der Waals surface area contributed by atoms with E-state index >= 15 is 0 Å². The van der Waals surface area contributed by atoms with Crippen LogP contribution in [0, 0.1) is 11.3 Å². The van der Waals surface area contributed by atoms with Crippen molar-refractivity contribution in [2.75, 3.05) is 18.1 Å². The smallest absolute Gasteiger partial charge is 0.0209 e. The van der Waals surface area contributed by atoms with Gasteiger partial charge in [-0.2, -0.15) is 11.8 Å². The summed E-state index contributed by atoms with van der Waals surface area (Å²) in [5, 5.41) is 3.81. The van der Waals surface area contributed by atoms with Crippen molar-refractivity contribution < 1.29 is 0 Å². The van der Waals surface area contributed by atoms with E-state index in [0.717, 1.165) is 12.0 Å². The first-order chi connectivity index (χ1) is 8.18. The van der Waals surface area contributed by atoms with Crippen LogP contribution in [0.15, 0.2) is 0 Å². The minimum Gasteiger partial charge on any atom is -0.313 e. The summed E-state index contributed by atoms with van der Waals surface area (Å²) in [4.78, 5) is 0. The van der Waals surface area contributed by atoms with Crippen molar-refractivity contribution in [3.63, 3.8) is 0 Å². The summed E-state index contributed by atoms with van der Waals surface area (Å²) in [5.74, 6) is 3.73. The Morgan fingerprint density at radius 3 is 2.71 bits per heavy atom. The molecule has 17 heavy (non-hydrogen) atoms. The lowest BCUT2D eigenvalue weighted by Crippen LogP contribution is -2.46. The van der Waals surface area contributed by atoms with Crippen LogP contribution in [0.2, 0.25) is 0 Å². The van der Waals surface area contributed by atoms with Gasteiger partial charge < -0.3 is 5.32 Å². The molecule has 2 fully saturated rings. The zero-order valence-electron chi connectivity index (χ0n) is 11.6. The highest BCUT2D eigenvalue weighted by atomic mass is 32.2. The van der Waals surface area contributed by atoms with Crippen molar-refractivity contribution in [1.29, 1.82) is 0 Å². The minimum absolute atomic E-state index is 0.513. The Morgan fingerprint density at radius 1 is 1.24 bits per heavy atom. The van der Waals surface area contributed by atoms with E-state index in [1.165, 1.54) is 63.0 Å². The molecule has 100 valence electrons. The normalized spacial score (nSPS) is 29.6. The van der Waals surface area contributed by atoms with Crippen LogP contribution in [-0.2, 0) is 0 Å². The average Bonchev–Trinajstić information content (AvgIpc) is 2.79. The summed E-state index contributed by atoms with van der Waals surface area (Å²) in [6.07, 6.45) is 10.2. The fourth-order valence-corrected chi connectivity index (χ4v) is 4.88. The van der Waals surface area contributed by atoms with Gasteiger partial charge in [0.15, 0.2) is 0 Å². The van der Waals surface area contributed by atoms with Gasteiger partial charge in [0.2, 0.25) is 0 Å². The van der Waals surface area contributed by atoms with Gasteiger partial charge in [-0.1, -0.05) is 39.5 Å². The zero-order valence-corrected chi connectivity index (χ0v) is 12.5. The molecular formula is C15H29NS. The number of nitrogens with one attached hydrogen (secondary N) is 1. The Hall–Kier alpha value is 0.310. The number of rotatable bonds is 5. The van der Waals surface area contributed by atoms with Crippen LogP contribution in [0.25, 0.3) is 0 Å². The van der Waals surface area contributed by atoms with E-state index in [-0.39, 0.29) is 0 Å². The minimum atomic E-state index is 0.513. The van der Waals surface area contributed by atoms with Gasteiger partial charge in [-0.25, -0.2) is 0 Å². The molecule has 1 atom stereocenters. The molecule has 1 unspecified atom stereocenters. The Labute approximate surface area is 112 Å². The van der Waals surface area contributed by atoms with E-state index in [9.17, 15) is 0 Å². The molecule has 1 aliphatic carbocycles. The van der Waals surface area contributed by atoms with Crippen LogP contribution in [0.4, 0.5) is 0 Å². The second-order valence-electron chi connectivity index (χ2n) is 6.61. The van der Waals surface area contributed by atoms with Crippen molar-refractivity contribution in [1.82, 2.24) is 5.32 Å². The van der Waals surface area contributed by atoms with Gasteiger partial charge in [0.1, 0.15) is 0 Å². The summed E-state index contributed by atoms with van der Waals surface area (Å²) in [7, 11) is 0. The van der Waals surface area contributed by atoms with Crippen molar-refractivity contribution in [3.05, 3.63) is 0 Å².